The van der Waals surface area contributed by atoms with E-state index in [2.05, 4.69) is 20.8 Å². The average Bonchev–Trinajstić information content (AvgIpc) is 2.73. The van der Waals surface area contributed by atoms with Gasteiger partial charge in [-0.3, -0.25) is 4.79 Å². The molecule has 1 aliphatic heterocycles. The second-order valence-electron chi connectivity index (χ2n) is 3.99. The molecule has 0 aromatic carbocycles. The highest BCUT2D eigenvalue weighted by Gasteiger charge is 2.20. The molecule has 6 heteroatoms. The molecule has 1 aliphatic rings. The maximum absolute atomic E-state index is 11.7. The van der Waals surface area contributed by atoms with Crippen molar-refractivity contribution in [3.8, 4) is 0 Å². The van der Waals surface area contributed by atoms with Gasteiger partial charge in [-0.05, 0) is 19.4 Å². The number of piperidine rings is 1. The Bertz CT molecular complexity index is 357. The van der Waals surface area contributed by atoms with Crippen molar-refractivity contribution < 1.29 is 9.32 Å². The normalized spacial score (nSPS) is 20.7. The summed E-state index contributed by atoms with van der Waals surface area (Å²) in [6.07, 6.45) is 2.00. The van der Waals surface area contributed by atoms with Crippen molar-refractivity contribution in [2.45, 2.75) is 26.3 Å². The predicted octanol–water partition coefficient (Wildman–Crippen LogP) is -0.00618. The first kappa shape index (κ1) is 11.1. The molecule has 2 N–H and O–H groups in total. The molecule has 2 heterocycles. The molecule has 0 spiro atoms. The molecule has 2 rings (SSSR count). The number of nitrogens with zero attached hydrogens (tertiary/aromatic N) is 2. The average molecular weight is 224 g/mol. The summed E-state index contributed by atoms with van der Waals surface area (Å²) in [5.41, 5.74) is 0. The molecular formula is C10H16N4O2. The smallest absolute Gasteiger partial charge is 0.224 e. The van der Waals surface area contributed by atoms with Crippen LogP contribution < -0.4 is 10.6 Å². The summed E-state index contributed by atoms with van der Waals surface area (Å²) in [4.78, 5) is 15.8. The highest BCUT2D eigenvalue weighted by molar-refractivity contribution is 5.78. The molecule has 0 unspecified atom stereocenters. The van der Waals surface area contributed by atoms with Crippen molar-refractivity contribution in [1.82, 2.24) is 20.8 Å². The van der Waals surface area contributed by atoms with Crippen LogP contribution in [0.15, 0.2) is 4.52 Å². The van der Waals surface area contributed by atoms with Gasteiger partial charge in [0.2, 0.25) is 11.8 Å². The number of hydrogen-bond donors (Lipinski definition) is 2. The zero-order valence-corrected chi connectivity index (χ0v) is 9.32. The minimum Gasteiger partial charge on any atom is -0.348 e. The van der Waals surface area contributed by atoms with Gasteiger partial charge in [0, 0.05) is 13.5 Å². The SMILES string of the molecule is Cc1nc(CNC(=O)[C@H]2CCCNC2)no1. The second-order valence-corrected chi connectivity index (χ2v) is 3.99. The van der Waals surface area contributed by atoms with E-state index in [1.807, 2.05) is 0 Å². The first-order valence-corrected chi connectivity index (χ1v) is 5.53. The van der Waals surface area contributed by atoms with E-state index in [9.17, 15) is 4.79 Å². The summed E-state index contributed by atoms with van der Waals surface area (Å²) in [7, 11) is 0. The molecule has 1 saturated heterocycles. The Balaban J connectivity index is 1.78. The number of hydrogen-bond acceptors (Lipinski definition) is 5. The molecule has 0 aliphatic carbocycles. The van der Waals surface area contributed by atoms with Gasteiger partial charge in [0.1, 0.15) is 0 Å². The summed E-state index contributed by atoms with van der Waals surface area (Å²) < 4.78 is 4.82. The third-order valence-electron chi connectivity index (χ3n) is 2.66. The number of rotatable bonds is 3. The highest BCUT2D eigenvalue weighted by atomic mass is 16.5. The van der Waals surface area contributed by atoms with Crippen molar-refractivity contribution in [3.05, 3.63) is 11.7 Å². The Hall–Kier alpha value is -1.43. The minimum absolute atomic E-state index is 0.0645. The third kappa shape index (κ3) is 2.79. The Morgan fingerprint density at radius 2 is 2.56 bits per heavy atom. The van der Waals surface area contributed by atoms with Crippen molar-refractivity contribution >= 4 is 5.91 Å². The molecular weight excluding hydrogens is 208 g/mol. The number of nitrogens with one attached hydrogen (secondary N) is 2. The van der Waals surface area contributed by atoms with Crippen LogP contribution in [0.4, 0.5) is 0 Å². The lowest BCUT2D eigenvalue weighted by Crippen LogP contribution is -2.40. The van der Waals surface area contributed by atoms with Crippen LogP contribution in [0.2, 0.25) is 0 Å². The molecule has 1 aromatic rings. The van der Waals surface area contributed by atoms with Crippen LogP contribution in [0.3, 0.4) is 0 Å². The van der Waals surface area contributed by atoms with Gasteiger partial charge in [-0.15, -0.1) is 0 Å². The van der Waals surface area contributed by atoms with E-state index in [0.29, 0.717) is 18.3 Å². The molecule has 16 heavy (non-hydrogen) atoms. The Kier molecular flexibility index (Phi) is 3.51. The van der Waals surface area contributed by atoms with E-state index in [1.165, 1.54) is 0 Å². The largest absolute Gasteiger partial charge is 0.348 e. The summed E-state index contributed by atoms with van der Waals surface area (Å²) >= 11 is 0. The summed E-state index contributed by atoms with van der Waals surface area (Å²) in [6, 6.07) is 0. The molecule has 0 radical (unpaired) electrons. The van der Waals surface area contributed by atoms with Crippen molar-refractivity contribution in [1.29, 1.82) is 0 Å². The van der Waals surface area contributed by atoms with Crippen LogP contribution in [0.1, 0.15) is 24.6 Å². The zero-order valence-electron chi connectivity index (χ0n) is 9.32. The Morgan fingerprint density at radius 3 is 3.19 bits per heavy atom. The monoisotopic (exact) mass is 224 g/mol. The van der Waals surface area contributed by atoms with E-state index in [0.717, 1.165) is 25.9 Å². The van der Waals surface area contributed by atoms with E-state index >= 15 is 0 Å². The van der Waals surface area contributed by atoms with Crippen LogP contribution >= 0.6 is 0 Å². The number of carbonyl (C=O) groups is 1. The van der Waals surface area contributed by atoms with Crippen LogP contribution in [-0.2, 0) is 11.3 Å². The standard InChI is InChI=1S/C10H16N4O2/c1-7-13-9(14-16-7)6-12-10(15)8-3-2-4-11-5-8/h8,11H,2-6H2,1H3,(H,12,15)/t8-/m0/s1. The van der Waals surface area contributed by atoms with E-state index < -0.39 is 0 Å². The lowest BCUT2D eigenvalue weighted by molar-refractivity contribution is -0.125. The van der Waals surface area contributed by atoms with Gasteiger partial charge in [0.25, 0.3) is 0 Å². The van der Waals surface area contributed by atoms with E-state index in [1.54, 1.807) is 6.92 Å². The molecule has 1 atom stereocenters. The minimum atomic E-state index is 0.0645. The fourth-order valence-corrected chi connectivity index (χ4v) is 1.80. The molecule has 0 bridgehead atoms. The number of amides is 1. The van der Waals surface area contributed by atoms with E-state index in [-0.39, 0.29) is 11.8 Å². The molecule has 6 nitrogen and oxygen atoms in total. The molecule has 1 amide bonds. The summed E-state index contributed by atoms with van der Waals surface area (Å²) in [5.74, 6) is 1.18. The van der Waals surface area contributed by atoms with Crippen molar-refractivity contribution in [3.63, 3.8) is 0 Å². The Labute approximate surface area is 93.8 Å². The summed E-state index contributed by atoms with van der Waals surface area (Å²) in [6.45, 7) is 3.83. The maximum Gasteiger partial charge on any atom is 0.224 e. The van der Waals surface area contributed by atoms with Gasteiger partial charge in [-0.25, -0.2) is 0 Å². The van der Waals surface area contributed by atoms with Gasteiger partial charge in [-0.1, -0.05) is 5.16 Å². The van der Waals surface area contributed by atoms with Crippen LogP contribution in [0, 0.1) is 12.8 Å². The van der Waals surface area contributed by atoms with Crippen LogP contribution in [0.5, 0.6) is 0 Å². The lowest BCUT2D eigenvalue weighted by Gasteiger charge is -2.21. The van der Waals surface area contributed by atoms with E-state index in [4.69, 9.17) is 4.52 Å². The maximum atomic E-state index is 11.7. The Morgan fingerprint density at radius 1 is 1.69 bits per heavy atom. The van der Waals surface area contributed by atoms with Crippen molar-refractivity contribution in [2.75, 3.05) is 13.1 Å². The van der Waals surface area contributed by atoms with Crippen molar-refractivity contribution in [2.24, 2.45) is 5.92 Å². The van der Waals surface area contributed by atoms with Crippen LogP contribution in [-0.4, -0.2) is 29.1 Å². The highest BCUT2D eigenvalue weighted by Crippen LogP contribution is 2.09. The van der Waals surface area contributed by atoms with Gasteiger partial charge < -0.3 is 15.2 Å². The van der Waals surface area contributed by atoms with Gasteiger partial charge in [-0.2, -0.15) is 4.98 Å². The fraction of sp³-hybridized carbons (Fsp3) is 0.700. The fourth-order valence-electron chi connectivity index (χ4n) is 1.80. The van der Waals surface area contributed by atoms with Gasteiger partial charge in [0.15, 0.2) is 5.82 Å². The molecule has 1 aromatic heterocycles. The molecule has 0 saturated carbocycles. The second kappa shape index (κ2) is 5.07. The first-order chi connectivity index (χ1) is 7.75. The topological polar surface area (TPSA) is 80.0 Å². The third-order valence-corrected chi connectivity index (χ3v) is 2.66. The molecule has 1 fully saturated rings. The zero-order chi connectivity index (χ0) is 11.4. The van der Waals surface area contributed by atoms with Gasteiger partial charge >= 0.3 is 0 Å². The van der Waals surface area contributed by atoms with Gasteiger partial charge in [0.05, 0.1) is 12.5 Å². The lowest BCUT2D eigenvalue weighted by atomic mass is 9.99. The molecule has 88 valence electrons. The number of aryl methyl sites for hydroxylation is 1. The quantitative estimate of drug-likeness (QED) is 0.755. The number of aromatic nitrogens is 2. The number of carbonyl (C=O) groups excluding carboxylic acids is 1. The predicted molar refractivity (Wildman–Crippen MR) is 56.5 cm³/mol. The first-order valence-electron chi connectivity index (χ1n) is 5.53. The summed E-state index contributed by atoms with van der Waals surface area (Å²) in [5, 5.41) is 9.74. The van der Waals surface area contributed by atoms with Crippen LogP contribution in [0.25, 0.3) is 0 Å².